The summed E-state index contributed by atoms with van der Waals surface area (Å²) in [5.74, 6) is 0.878. The molecule has 2 rings (SSSR count). The smallest absolute Gasteiger partial charge is 0.356 e. The van der Waals surface area contributed by atoms with Crippen molar-refractivity contribution >= 4 is 5.97 Å². The molecule has 0 spiro atoms. The average molecular weight is 206 g/mol. The van der Waals surface area contributed by atoms with Crippen LogP contribution in [0.5, 0.6) is 0 Å². The van der Waals surface area contributed by atoms with E-state index in [0.29, 0.717) is 11.6 Å². The highest BCUT2D eigenvalue weighted by Crippen LogP contribution is 2.38. The summed E-state index contributed by atoms with van der Waals surface area (Å²) in [6, 6.07) is 1.71. The van der Waals surface area contributed by atoms with Crippen LogP contribution in [-0.4, -0.2) is 23.0 Å². The third-order valence-electron chi connectivity index (χ3n) is 2.50. The molecule has 0 atom stereocenters. The second-order valence-electron chi connectivity index (χ2n) is 3.72. The van der Waals surface area contributed by atoms with Crippen LogP contribution in [0.15, 0.2) is 6.07 Å². The van der Waals surface area contributed by atoms with Crippen LogP contribution in [0.25, 0.3) is 0 Å². The summed E-state index contributed by atoms with van der Waals surface area (Å²) in [5, 5.41) is 0. The molecule has 15 heavy (non-hydrogen) atoms. The molecule has 0 amide bonds. The highest BCUT2D eigenvalue weighted by Gasteiger charge is 2.28. The first-order valence-corrected chi connectivity index (χ1v) is 5.20. The van der Waals surface area contributed by atoms with Crippen molar-refractivity contribution in [1.82, 2.24) is 9.97 Å². The van der Waals surface area contributed by atoms with E-state index in [9.17, 15) is 4.79 Å². The lowest BCUT2D eigenvalue weighted by molar-refractivity contribution is 0.0593. The van der Waals surface area contributed by atoms with E-state index in [1.165, 1.54) is 7.11 Å². The summed E-state index contributed by atoms with van der Waals surface area (Å²) in [5.41, 5.74) is 1.29. The summed E-state index contributed by atoms with van der Waals surface area (Å²) >= 11 is 0. The second-order valence-corrected chi connectivity index (χ2v) is 3.72. The molecule has 0 N–H and O–H groups in total. The van der Waals surface area contributed by atoms with Gasteiger partial charge in [0.25, 0.3) is 0 Å². The second kappa shape index (κ2) is 3.96. The molecule has 0 aliphatic heterocycles. The topological polar surface area (TPSA) is 52.1 Å². The molecular weight excluding hydrogens is 192 g/mol. The van der Waals surface area contributed by atoms with E-state index in [0.717, 1.165) is 30.8 Å². The molecule has 1 saturated carbocycles. The third kappa shape index (κ3) is 2.14. The Kier molecular flexibility index (Phi) is 2.66. The molecule has 1 aromatic heterocycles. The van der Waals surface area contributed by atoms with Crippen molar-refractivity contribution in [3.8, 4) is 0 Å². The van der Waals surface area contributed by atoms with Gasteiger partial charge in [0.2, 0.25) is 0 Å². The minimum Gasteiger partial charge on any atom is -0.464 e. The SMILES string of the molecule is CCc1cc(C(=O)OC)nc(C2CC2)n1. The number of carbonyl (C=O) groups excluding carboxylic acids is 1. The zero-order valence-electron chi connectivity index (χ0n) is 8.99. The quantitative estimate of drug-likeness (QED) is 0.706. The highest BCUT2D eigenvalue weighted by molar-refractivity contribution is 5.87. The zero-order chi connectivity index (χ0) is 10.8. The fraction of sp³-hybridized carbons (Fsp3) is 0.545. The molecule has 1 aliphatic rings. The van der Waals surface area contributed by atoms with Gasteiger partial charge in [-0.05, 0) is 25.3 Å². The molecule has 0 radical (unpaired) electrons. The average Bonchev–Trinajstić information content (AvgIpc) is 3.11. The zero-order valence-corrected chi connectivity index (χ0v) is 8.99. The summed E-state index contributed by atoms with van der Waals surface area (Å²) in [6.07, 6.45) is 3.08. The van der Waals surface area contributed by atoms with Crippen LogP contribution in [0, 0.1) is 0 Å². The first-order valence-electron chi connectivity index (χ1n) is 5.20. The van der Waals surface area contributed by atoms with E-state index in [2.05, 4.69) is 14.7 Å². The predicted molar refractivity (Wildman–Crippen MR) is 54.7 cm³/mol. The fourth-order valence-corrected chi connectivity index (χ4v) is 1.43. The van der Waals surface area contributed by atoms with Crippen LogP contribution in [0.1, 0.15) is 47.7 Å². The van der Waals surface area contributed by atoms with Gasteiger partial charge in [-0.15, -0.1) is 0 Å². The molecule has 4 heteroatoms. The largest absolute Gasteiger partial charge is 0.464 e. The molecule has 0 saturated heterocycles. The number of ether oxygens (including phenoxy) is 1. The molecule has 1 aliphatic carbocycles. The van der Waals surface area contributed by atoms with Gasteiger partial charge in [-0.1, -0.05) is 6.92 Å². The minimum absolute atomic E-state index is 0.381. The maximum Gasteiger partial charge on any atom is 0.356 e. The minimum atomic E-state index is -0.381. The van der Waals surface area contributed by atoms with Crippen molar-refractivity contribution in [2.45, 2.75) is 32.1 Å². The molecule has 0 aromatic carbocycles. The number of nitrogens with zero attached hydrogens (tertiary/aromatic N) is 2. The maximum absolute atomic E-state index is 11.4. The molecule has 1 fully saturated rings. The molecule has 0 unspecified atom stereocenters. The van der Waals surface area contributed by atoms with Crippen molar-refractivity contribution in [2.75, 3.05) is 7.11 Å². The lowest BCUT2D eigenvalue weighted by Gasteiger charge is -2.04. The Balaban J connectivity index is 2.36. The van der Waals surface area contributed by atoms with Gasteiger partial charge in [-0.25, -0.2) is 14.8 Å². The number of methoxy groups -OCH3 is 1. The summed E-state index contributed by atoms with van der Waals surface area (Å²) in [6.45, 7) is 2.01. The number of aromatic nitrogens is 2. The van der Waals surface area contributed by atoms with E-state index < -0.39 is 0 Å². The first kappa shape index (κ1) is 10.1. The van der Waals surface area contributed by atoms with Gasteiger partial charge in [0.05, 0.1) is 7.11 Å². The van der Waals surface area contributed by atoms with Gasteiger partial charge < -0.3 is 4.74 Å². The van der Waals surface area contributed by atoms with Crippen LogP contribution >= 0.6 is 0 Å². The molecule has 4 nitrogen and oxygen atoms in total. The maximum atomic E-state index is 11.4. The Bertz CT molecular complexity index is 386. The monoisotopic (exact) mass is 206 g/mol. The number of carbonyl (C=O) groups is 1. The number of hydrogen-bond donors (Lipinski definition) is 0. The van der Waals surface area contributed by atoms with Crippen LogP contribution in [0.3, 0.4) is 0 Å². The number of esters is 1. The summed E-state index contributed by atoms with van der Waals surface area (Å²) in [7, 11) is 1.37. The number of rotatable bonds is 3. The van der Waals surface area contributed by atoms with Gasteiger partial charge in [-0.2, -0.15) is 0 Å². The van der Waals surface area contributed by atoms with Gasteiger partial charge in [-0.3, -0.25) is 0 Å². The van der Waals surface area contributed by atoms with Gasteiger partial charge >= 0.3 is 5.97 Å². The Hall–Kier alpha value is -1.45. The Morgan fingerprint density at radius 3 is 2.80 bits per heavy atom. The van der Waals surface area contributed by atoms with Crippen LogP contribution < -0.4 is 0 Å². The summed E-state index contributed by atoms with van der Waals surface area (Å²) < 4.78 is 4.66. The van der Waals surface area contributed by atoms with E-state index in [-0.39, 0.29) is 5.97 Å². The molecule has 1 heterocycles. The van der Waals surface area contributed by atoms with Crippen LogP contribution in [0.2, 0.25) is 0 Å². The van der Waals surface area contributed by atoms with E-state index in [1.54, 1.807) is 6.07 Å². The number of hydrogen-bond acceptors (Lipinski definition) is 4. The Morgan fingerprint density at radius 1 is 1.53 bits per heavy atom. The first-order chi connectivity index (χ1) is 7.24. The third-order valence-corrected chi connectivity index (χ3v) is 2.50. The van der Waals surface area contributed by atoms with Gasteiger partial charge in [0.1, 0.15) is 5.82 Å². The lowest BCUT2D eigenvalue weighted by atomic mass is 10.2. The standard InChI is InChI=1S/C11H14N2O2/c1-3-8-6-9(11(14)15-2)13-10(12-8)7-4-5-7/h6-7H,3-5H2,1-2H3. The van der Waals surface area contributed by atoms with Crippen molar-refractivity contribution < 1.29 is 9.53 Å². The van der Waals surface area contributed by atoms with E-state index in [1.807, 2.05) is 6.92 Å². The Labute approximate surface area is 88.7 Å². The summed E-state index contributed by atoms with van der Waals surface area (Å²) in [4.78, 5) is 20.0. The predicted octanol–water partition coefficient (Wildman–Crippen LogP) is 1.70. The highest BCUT2D eigenvalue weighted by atomic mass is 16.5. The molecule has 80 valence electrons. The van der Waals surface area contributed by atoms with Crippen molar-refractivity contribution in [3.05, 3.63) is 23.3 Å². The number of aryl methyl sites for hydroxylation is 1. The van der Waals surface area contributed by atoms with Crippen molar-refractivity contribution in [3.63, 3.8) is 0 Å². The van der Waals surface area contributed by atoms with E-state index in [4.69, 9.17) is 0 Å². The lowest BCUT2D eigenvalue weighted by Crippen LogP contribution is -2.09. The Morgan fingerprint density at radius 2 is 2.27 bits per heavy atom. The van der Waals surface area contributed by atoms with Gasteiger partial charge in [0, 0.05) is 11.6 Å². The van der Waals surface area contributed by atoms with Crippen molar-refractivity contribution in [1.29, 1.82) is 0 Å². The van der Waals surface area contributed by atoms with Gasteiger partial charge in [0.15, 0.2) is 5.69 Å². The van der Waals surface area contributed by atoms with Crippen molar-refractivity contribution in [2.24, 2.45) is 0 Å². The van der Waals surface area contributed by atoms with Crippen LogP contribution in [0.4, 0.5) is 0 Å². The van der Waals surface area contributed by atoms with Crippen LogP contribution in [-0.2, 0) is 11.2 Å². The molecular formula is C11H14N2O2. The molecule has 1 aromatic rings. The normalized spacial score (nSPS) is 15.1. The fourth-order valence-electron chi connectivity index (χ4n) is 1.43. The molecule has 0 bridgehead atoms. The van der Waals surface area contributed by atoms with E-state index >= 15 is 0 Å².